The van der Waals surface area contributed by atoms with E-state index in [0.717, 1.165) is 0 Å². The maximum Gasteiger partial charge on any atom is 0.126 e. The van der Waals surface area contributed by atoms with Gasteiger partial charge in [-0.25, -0.2) is 0 Å². The van der Waals surface area contributed by atoms with E-state index in [4.69, 9.17) is 0 Å². The zero-order chi connectivity index (χ0) is 19.1. The number of phenolic OH excluding ortho intramolecular Hbond substituents is 4. The summed E-state index contributed by atoms with van der Waals surface area (Å²) in [5, 5.41) is 41.7. The lowest BCUT2D eigenvalue weighted by Crippen LogP contribution is -2.20. The Morgan fingerprint density at radius 1 is 0.640 bits per heavy atom. The van der Waals surface area contributed by atoms with Gasteiger partial charge in [0, 0.05) is 27.7 Å². The smallest absolute Gasteiger partial charge is 0.126 e. The van der Waals surface area contributed by atoms with Crippen LogP contribution in [0.5, 0.6) is 23.0 Å². The molecule has 2 aromatic rings. The molecule has 4 nitrogen and oxygen atoms in total. The second-order valence-corrected chi connectivity index (χ2v) is 7.72. The van der Waals surface area contributed by atoms with Crippen molar-refractivity contribution in [2.24, 2.45) is 0 Å². The third-order valence-corrected chi connectivity index (χ3v) is 4.89. The minimum Gasteiger partial charge on any atom is -0.508 e. The third-order valence-electron chi connectivity index (χ3n) is 4.89. The van der Waals surface area contributed by atoms with Crippen LogP contribution in [0.2, 0.25) is 0 Å². The molecule has 0 saturated carbocycles. The van der Waals surface area contributed by atoms with Crippen LogP contribution in [-0.4, -0.2) is 20.4 Å². The fraction of sp³-hybridized carbons (Fsp3) is 0.429. The first kappa shape index (κ1) is 19.0. The van der Waals surface area contributed by atoms with Gasteiger partial charge in [0.1, 0.15) is 23.0 Å². The van der Waals surface area contributed by atoms with Crippen molar-refractivity contribution in [1.82, 2.24) is 0 Å². The third kappa shape index (κ3) is 3.13. The van der Waals surface area contributed by atoms with Crippen LogP contribution in [0.25, 0.3) is 0 Å². The summed E-state index contributed by atoms with van der Waals surface area (Å²) < 4.78 is 0. The summed E-state index contributed by atoms with van der Waals surface area (Å²) in [5.74, 6) is 0.109. The van der Waals surface area contributed by atoms with Crippen molar-refractivity contribution < 1.29 is 20.4 Å². The number of aromatic hydroxyl groups is 4. The van der Waals surface area contributed by atoms with Crippen LogP contribution in [0.15, 0.2) is 24.3 Å². The maximum absolute atomic E-state index is 10.8. The van der Waals surface area contributed by atoms with Gasteiger partial charge in [0.15, 0.2) is 0 Å². The molecule has 0 aromatic heterocycles. The Morgan fingerprint density at radius 2 is 0.960 bits per heavy atom. The maximum atomic E-state index is 10.8. The molecule has 136 valence electrons. The Kier molecular flexibility index (Phi) is 4.94. The average Bonchev–Trinajstić information content (AvgIpc) is 2.45. The zero-order valence-electron chi connectivity index (χ0n) is 15.8. The van der Waals surface area contributed by atoms with Crippen molar-refractivity contribution in [3.05, 3.63) is 46.5 Å². The number of benzene rings is 2. The first-order chi connectivity index (χ1) is 11.5. The van der Waals surface area contributed by atoms with Gasteiger partial charge in [-0.1, -0.05) is 53.7 Å². The van der Waals surface area contributed by atoms with E-state index < -0.39 is 5.41 Å². The number of rotatable bonds is 4. The summed E-state index contributed by atoms with van der Waals surface area (Å²) in [6.07, 6.45) is 0. The Bertz CT molecular complexity index is 723. The molecule has 0 aliphatic carbocycles. The van der Waals surface area contributed by atoms with Crippen LogP contribution >= 0.6 is 0 Å². The molecule has 0 atom stereocenters. The molecule has 2 aromatic carbocycles. The Balaban J connectivity index is 2.73. The van der Waals surface area contributed by atoms with E-state index in [1.807, 2.05) is 41.5 Å². The summed E-state index contributed by atoms with van der Waals surface area (Å²) in [7, 11) is 0. The lowest BCUT2D eigenvalue weighted by molar-refractivity contribution is 0.408. The van der Waals surface area contributed by atoms with E-state index >= 15 is 0 Å². The molecular weight excluding hydrogens is 316 g/mol. The SMILES string of the molecule is CC(C)c1c(O)ccc(C(C)(C)c2ccc(O)c(C(C)C)c2O)c1O. The largest absolute Gasteiger partial charge is 0.508 e. The molecule has 0 spiro atoms. The molecule has 0 aliphatic heterocycles. The fourth-order valence-electron chi connectivity index (χ4n) is 3.49. The lowest BCUT2D eigenvalue weighted by Gasteiger charge is -2.30. The van der Waals surface area contributed by atoms with Gasteiger partial charge in [0.2, 0.25) is 0 Å². The molecule has 4 heteroatoms. The highest BCUT2D eigenvalue weighted by atomic mass is 16.3. The highest BCUT2D eigenvalue weighted by molar-refractivity contribution is 5.60. The first-order valence-electron chi connectivity index (χ1n) is 8.60. The quantitative estimate of drug-likeness (QED) is 0.623. The molecule has 4 N–H and O–H groups in total. The van der Waals surface area contributed by atoms with Crippen molar-refractivity contribution in [2.45, 2.75) is 58.8 Å². The number of phenols is 4. The molecule has 0 unspecified atom stereocenters. The van der Waals surface area contributed by atoms with Crippen molar-refractivity contribution >= 4 is 0 Å². The minimum absolute atomic E-state index is 0.0403. The molecule has 0 heterocycles. The Hall–Kier alpha value is -2.36. The van der Waals surface area contributed by atoms with Crippen LogP contribution < -0.4 is 0 Å². The zero-order valence-corrected chi connectivity index (χ0v) is 15.8. The Labute approximate surface area is 149 Å². The van der Waals surface area contributed by atoms with Gasteiger partial charge < -0.3 is 20.4 Å². The fourth-order valence-corrected chi connectivity index (χ4v) is 3.49. The van der Waals surface area contributed by atoms with Gasteiger partial charge in [-0.2, -0.15) is 0 Å². The van der Waals surface area contributed by atoms with E-state index in [2.05, 4.69) is 0 Å². The molecular formula is C21H28O4. The topological polar surface area (TPSA) is 80.9 Å². The normalized spacial score (nSPS) is 12.2. The second kappa shape index (κ2) is 6.51. The van der Waals surface area contributed by atoms with Gasteiger partial charge in [-0.05, 0) is 24.0 Å². The van der Waals surface area contributed by atoms with Crippen LogP contribution in [0.1, 0.15) is 75.6 Å². The van der Waals surface area contributed by atoms with Gasteiger partial charge in [-0.15, -0.1) is 0 Å². The molecule has 0 amide bonds. The molecule has 0 bridgehead atoms. The lowest BCUT2D eigenvalue weighted by atomic mass is 9.74. The first-order valence-corrected chi connectivity index (χ1v) is 8.60. The van der Waals surface area contributed by atoms with Crippen LogP contribution in [0.3, 0.4) is 0 Å². The van der Waals surface area contributed by atoms with Crippen molar-refractivity contribution in [1.29, 1.82) is 0 Å². The molecule has 0 aliphatic rings. The molecule has 0 saturated heterocycles. The van der Waals surface area contributed by atoms with E-state index in [9.17, 15) is 20.4 Å². The molecule has 0 radical (unpaired) electrons. The summed E-state index contributed by atoms with van der Waals surface area (Å²) in [6, 6.07) is 6.51. The van der Waals surface area contributed by atoms with Crippen LogP contribution in [-0.2, 0) is 5.41 Å². The van der Waals surface area contributed by atoms with E-state index in [1.54, 1.807) is 24.3 Å². The number of hydrogen-bond donors (Lipinski definition) is 4. The highest BCUT2D eigenvalue weighted by Gasteiger charge is 2.33. The van der Waals surface area contributed by atoms with Gasteiger partial charge in [0.05, 0.1) is 0 Å². The average molecular weight is 344 g/mol. The second-order valence-electron chi connectivity index (χ2n) is 7.72. The van der Waals surface area contributed by atoms with E-state index in [0.29, 0.717) is 22.3 Å². The van der Waals surface area contributed by atoms with Gasteiger partial charge in [-0.3, -0.25) is 0 Å². The van der Waals surface area contributed by atoms with E-state index in [-0.39, 0.29) is 34.8 Å². The van der Waals surface area contributed by atoms with Crippen molar-refractivity contribution in [3.8, 4) is 23.0 Å². The molecule has 0 fully saturated rings. The Morgan fingerprint density at radius 3 is 1.24 bits per heavy atom. The summed E-state index contributed by atoms with van der Waals surface area (Å²) >= 11 is 0. The van der Waals surface area contributed by atoms with E-state index in [1.165, 1.54) is 0 Å². The van der Waals surface area contributed by atoms with Crippen molar-refractivity contribution in [3.63, 3.8) is 0 Å². The summed E-state index contributed by atoms with van der Waals surface area (Å²) in [6.45, 7) is 11.4. The number of hydrogen-bond acceptors (Lipinski definition) is 4. The minimum atomic E-state index is -0.719. The predicted octanol–water partition coefficient (Wildman–Crippen LogP) is 5.08. The monoisotopic (exact) mass is 344 g/mol. The molecule has 25 heavy (non-hydrogen) atoms. The molecule has 2 rings (SSSR count). The van der Waals surface area contributed by atoms with Crippen LogP contribution in [0, 0.1) is 0 Å². The predicted molar refractivity (Wildman–Crippen MR) is 99.8 cm³/mol. The van der Waals surface area contributed by atoms with Gasteiger partial charge in [0.25, 0.3) is 0 Å². The summed E-state index contributed by atoms with van der Waals surface area (Å²) in [4.78, 5) is 0. The summed E-state index contributed by atoms with van der Waals surface area (Å²) in [5.41, 5.74) is 1.50. The highest BCUT2D eigenvalue weighted by Crippen LogP contribution is 2.48. The standard InChI is InChI=1S/C21H28O4/c1-11(2)17-15(22)9-7-13(19(17)24)21(5,6)14-8-10-16(23)18(12(3)4)20(14)25/h7-12,22-25H,1-6H3. The van der Waals surface area contributed by atoms with Gasteiger partial charge >= 0.3 is 0 Å². The van der Waals surface area contributed by atoms with Crippen LogP contribution in [0.4, 0.5) is 0 Å². The van der Waals surface area contributed by atoms with Crippen molar-refractivity contribution in [2.75, 3.05) is 0 Å².